The van der Waals surface area contributed by atoms with E-state index in [1.807, 2.05) is 10.9 Å². The van der Waals surface area contributed by atoms with E-state index in [0.29, 0.717) is 0 Å². The van der Waals surface area contributed by atoms with E-state index in [1.54, 1.807) is 0 Å². The van der Waals surface area contributed by atoms with Gasteiger partial charge in [0.25, 0.3) is 11.5 Å². The van der Waals surface area contributed by atoms with Gasteiger partial charge in [0.1, 0.15) is 5.69 Å². The summed E-state index contributed by atoms with van der Waals surface area (Å²) >= 11 is 0. The van der Waals surface area contributed by atoms with Crippen molar-refractivity contribution in [3.8, 4) is 5.69 Å². The van der Waals surface area contributed by atoms with Crippen LogP contribution < -0.4 is 10.9 Å². The molecule has 3 aromatic rings. The summed E-state index contributed by atoms with van der Waals surface area (Å²) in [5.41, 5.74) is 4.50. The first kappa shape index (κ1) is 18.3. The van der Waals surface area contributed by atoms with Crippen molar-refractivity contribution in [3.63, 3.8) is 0 Å². The average molecular weight is 379 g/mol. The van der Waals surface area contributed by atoms with Crippen molar-refractivity contribution in [1.82, 2.24) is 25.3 Å². The molecule has 28 heavy (non-hydrogen) atoms. The summed E-state index contributed by atoms with van der Waals surface area (Å²) in [6.45, 7) is 6.59. The van der Waals surface area contributed by atoms with Gasteiger partial charge in [0.15, 0.2) is 0 Å². The van der Waals surface area contributed by atoms with Gasteiger partial charge in [-0.25, -0.2) is 4.68 Å². The summed E-state index contributed by atoms with van der Waals surface area (Å²) in [6.07, 6.45) is 4.58. The molecule has 1 atom stereocenters. The van der Waals surface area contributed by atoms with E-state index < -0.39 is 0 Å². The zero-order valence-electron chi connectivity index (χ0n) is 16.4. The maximum absolute atomic E-state index is 12.4. The zero-order chi connectivity index (χ0) is 19.9. The van der Waals surface area contributed by atoms with E-state index >= 15 is 0 Å². The molecule has 0 unspecified atom stereocenters. The average Bonchev–Trinajstić information content (AvgIpc) is 3.28. The van der Waals surface area contributed by atoms with Crippen LogP contribution in [0.3, 0.4) is 0 Å². The molecule has 0 aliphatic heterocycles. The Hall–Kier alpha value is -3.09. The molecular formula is C21H25N5O2. The van der Waals surface area contributed by atoms with Crippen LogP contribution in [0.1, 0.15) is 67.0 Å². The second-order valence-corrected chi connectivity index (χ2v) is 8.35. The summed E-state index contributed by atoms with van der Waals surface area (Å²) < 4.78 is 1.97. The quantitative estimate of drug-likeness (QED) is 0.653. The third-order valence-corrected chi connectivity index (χ3v) is 5.31. The molecule has 1 amide bonds. The minimum atomic E-state index is -0.319. The molecule has 1 aliphatic rings. The molecule has 3 N–H and O–H groups in total. The smallest absolute Gasteiger partial charge is 0.269 e. The first-order valence-corrected chi connectivity index (χ1v) is 9.59. The molecule has 0 saturated heterocycles. The summed E-state index contributed by atoms with van der Waals surface area (Å²) in [4.78, 5) is 23.7. The van der Waals surface area contributed by atoms with Crippen LogP contribution in [-0.2, 0) is 11.8 Å². The van der Waals surface area contributed by atoms with Gasteiger partial charge in [-0.15, -0.1) is 0 Å². The highest BCUT2D eigenvalue weighted by Crippen LogP contribution is 2.32. The fourth-order valence-corrected chi connectivity index (χ4v) is 3.72. The number of carbonyl (C=O) groups excluding carboxylic acids is 1. The first-order chi connectivity index (χ1) is 13.3. The van der Waals surface area contributed by atoms with Gasteiger partial charge < -0.3 is 5.32 Å². The molecule has 2 heterocycles. The normalized spacial score (nSPS) is 16.6. The second-order valence-electron chi connectivity index (χ2n) is 8.35. The standard InChI is InChI=1S/C21H25N5O2/c1-21(2,3)13-7-9-14(10-8-13)26-18-6-4-5-16(15(18)12-22-26)23-20(28)17-11-19(27)25-24-17/h7-12,16H,4-6H2,1-3H3,(H,23,28)(H2,24,25,27)/t16-/m1/s1. The van der Waals surface area contributed by atoms with Gasteiger partial charge in [-0.3, -0.25) is 19.8 Å². The Morgan fingerprint density at radius 1 is 1.21 bits per heavy atom. The number of benzene rings is 1. The van der Waals surface area contributed by atoms with Gasteiger partial charge in [-0.1, -0.05) is 32.9 Å². The Balaban J connectivity index is 1.59. The molecule has 0 fully saturated rings. The molecular weight excluding hydrogens is 354 g/mol. The summed E-state index contributed by atoms with van der Waals surface area (Å²) in [5, 5.41) is 12.6. The van der Waals surface area contributed by atoms with E-state index in [9.17, 15) is 9.59 Å². The van der Waals surface area contributed by atoms with Crippen LogP contribution in [0.25, 0.3) is 5.69 Å². The van der Waals surface area contributed by atoms with Crippen LogP contribution in [-0.4, -0.2) is 25.9 Å². The first-order valence-electron chi connectivity index (χ1n) is 9.59. The molecule has 0 radical (unpaired) electrons. The van der Waals surface area contributed by atoms with Crippen LogP contribution >= 0.6 is 0 Å². The van der Waals surface area contributed by atoms with Gasteiger partial charge in [-0.2, -0.15) is 5.10 Å². The van der Waals surface area contributed by atoms with Crippen molar-refractivity contribution in [2.45, 2.75) is 51.5 Å². The monoisotopic (exact) mass is 379 g/mol. The lowest BCUT2D eigenvalue weighted by atomic mass is 9.87. The van der Waals surface area contributed by atoms with Gasteiger partial charge in [0, 0.05) is 17.3 Å². The third-order valence-electron chi connectivity index (χ3n) is 5.31. The van der Waals surface area contributed by atoms with E-state index in [0.717, 1.165) is 36.2 Å². The van der Waals surface area contributed by atoms with Crippen molar-refractivity contribution in [2.24, 2.45) is 0 Å². The van der Waals surface area contributed by atoms with Crippen LogP contribution in [0.5, 0.6) is 0 Å². The molecule has 2 aromatic heterocycles. The molecule has 0 bridgehead atoms. The van der Waals surface area contributed by atoms with E-state index in [2.05, 4.69) is 65.6 Å². The molecule has 4 rings (SSSR count). The highest BCUT2D eigenvalue weighted by molar-refractivity contribution is 5.92. The number of hydrogen-bond acceptors (Lipinski definition) is 3. The molecule has 0 saturated carbocycles. The number of aromatic amines is 2. The number of nitrogens with one attached hydrogen (secondary N) is 3. The zero-order valence-corrected chi connectivity index (χ0v) is 16.4. The lowest BCUT2D eigenvalue weighted by molar-refractivity contribution is 0.0927. The summed E-state index contributed by atoms with van der Waals surface area (Å²) in [7, 11) is 0. The van der Waals surface area contributed by atoms with E-state index in [-0.39, 0.29) is 28.6 Å². The minimum absolute atomic E-state index is 0.108. The number of hydrogen-bond donors (Lipinski definition) is 3. The van der Waals surface area contributed by atoms with Gasteiger partial charge in [0.2, 0.25) is 0 Å². The van der Waals surface area contributed by atoms with Crippen molar-refractivity contribution < 1.29 is 4.79 Å². The number of rotatable bonds is 3. The Morgan fingerprint density at radius 2 is 1.96 bits per heavy atom. The lowest BCUT2D eigenvalue weighted by Gasteiger charge is -2.24. The van der Waals surface area contributed by atoms with Crippen LogP contribution in [0.4, 0.5) is 0 Å². The second kappa shape index (κ2) is 6.82. The van der Waals surface area contributed by atoms with Crippen molar-refractivity contribution in [2.75, 3.05) is 0 Å². The predicted octanol–water partition coefficient (Wildman–Crippen LogP) is 2.99. The third kappa shape index (κ3) is 3.40. The Kier molecular flexibility index (Phi) is 4.45. The lowest BCUT2D eigenvalue weighted by Crippen LogP contribution is -2.31. The molecule has 1 aromatic carbocycles. The molecule has 7 nitrogen and oxygen atoms in total. The number of carbonyl (C=O) groups is 1. The van der Waals surface area contributed by atoms with Crippen LogP contribution in [0.15, 0.2) is 41.3 Å². The molecule has 0 spiro atoms. The van der Waals surface area contributed by atoms with Gasteiger partial charge >= 0.3 is 0 Å². The Bertz CT molecular complexity index is 1050. The van der Waals surface area contributed by atoms with Crippen molar-refractivity contribution in [3.05, 3.63) is 69.4 Å². The van der Waals surface area contributed by atoms with Gasteiger partial charge in [-0.05, 0) is 42.4 Å². The topological polar surface area (TPSA) is 95.6 Å². The van der Waals surface area contributed by atoms with E-state index in [1.165, 1.54) is 11.6 Å². The highest BCUT2D eigenvalue weighted by atomic mass is 16.2. The predicted molar refractivity (Wildman–Crippen MR) is 107 cm³/mol. The SMILES string of the molecule is CC(C)(C)c1ccc(-n2ncc3c2CCC[C@H]3NC(=O)c2cc(=O)[nH][nH]2)cc1. The van der Waals surface area contributed by atoms with Crippen LogP contribution in [0.2, 0.25) is 0 Å². The Labute approximate surface area is 163 Å². The number of amides is 1. The fourth-order valence-electron chi connectivity index (χ4n) is 3.72. The highest BCUT2D eigenvalue weighted by Gasteiger charge is 2.27. The fraction of sp³-hybridized carbons (Fsp3) is 0.381. The number of aromatic nitrogens is 4. The van der Waals surface area contributed by atoms with Crippen LogP contribution in [0, 0.1) is 0 Å². The van der Waals surface area contributed by atoms with Gasteiger partial charge in [0.05, 0.1) is 17.9 Å². The molecule has 146 valence electrons. The summed E-state index contributed by atoms with van der Waals surface area (Å²) in [6, 6.07) is 9.64. The van der Waals surface area contributed by atoms with Crippen molar-refractivity contribution in [1.29, 1.82) is 0 Å². The van der Waals surface area contributed by atoms with Crippen molar-refractivity contribution >= 4 is 5.91 Å². The molecule has 1 aliphatic carbocycles. The minimum Gasteiger partial charge on any atom is -0.344 e. The number of fused-ring (bicyclic) bond motifs is 1. The number of H-pyrrole nitrogens is 2. The maximum Gasteiger partial charge on any atom is 0.269 e. The molecule has 7 heteroatoms. The summed E-state index contributed by atoms with van der Waals surface area (Å²) in [5.74, 6) is -0.293. The maximum atomic E-state index is 12.4. The largest absolute Gasteiger partial charge is 0.344 e. The van der Waals surface area contributed by atoms with E-state index in [4.69, 9.17) is 0 Å². The number of nitrogens with zero attached hydrogens (tertiary/aromatic N) is 2. The Morgan fingerprint density at radius 3 is 2.61 bits per heavy atom.